The van der Waals surface area contributed by atoms with Crippen molar-refractivity contribution in [1.82, 2.24) is 9.88 Å². The average molecular weight is 345 g/mol. The fourth-order valence-corrected chi connectivity index (χ4v) is 3.05. The predicted octanol–water partition coefficient (Wildman–Crippen LogP) is 1.81. The van der Waals surface area contributed by atoms with Crippen LogP contribution in [0.4, 0.5) is 0 Å². The summed E-state index contributed by atoms with van der Waals surface area (Å²) in [4.78, 5) is 18.2. The Bertz CT molecular complexity index is 713. The molecule has 0 bridgehead atoms. The van der Waals surface area contributed by atoms with E-state index in [1.54, 1.807) is 6.26 Å². The van der Waals surface area contributed by atoms with Crippen LogP contribution >= 0.6 is 0 Å². The molecule has 1 fully saturated rings. The Labute approximate surface area is 146 Å². The van der Waals surface area contributed by atoms with E-state index in [1.165, 1.54) is 0 Å². The summed E-state index contributed by atoms with van der Waals surface area (Å²) >= 11 is 0. The van der Waals surface area contributed by atoms with E-state index < -0.39 is 6.04 Å². The molecule has 2 heterocycles. The highest BCUT2D eigenvalue weighted by atomic mass is 16.5. The minimum absolute atomic E-state index is 0.233. The second-order valence-corrected chi connectivity index (χ2v) is 5.99. The molecule has 0 spiro atoms. The SMILES string of the molecule is CCOc1ccc(-c2nc(CN3CCO[C@H](C)[C@H]3C(N)=O)co2)cc1. The third kappa shape index (κ3) is 4.00. The largest absolute Gasteiger partial charge is 0.494 e. The zero-order valence-corrected chi connectivity index (χ0v) is 14.5. The molecule has 2 N–H and O–H groups in total. The zero-order chi connectivity index (χ0) is 17.8. The van der Waals surface area contributed by atoms with Gasteiger partial charge in [-0.1, -0.05) is 0 Å². The van der Waals surface area contributed by atoms with Crippen LogP contribution in [0.5, 0.6) is 5.75 Å². The monoisotopic (exact) mass is 345 g/mol. The minimum atomic E-state index is -0.459. The molecule has 0 aliphatic carbocycles. The molecule has 0 unspecified atom stereocenters. The summed E-state index contributed by atoms with van der Waals surface area (Å²) in [7, 11) is 0. The van der Waals surface area contributed by atoms with Crippen LogP contribution < -0.4 is 10.5 Å². The van der Waals surface area contributed by atoms with Crippen molar-refractivity contribution >= 4 is 5.91 Å². The van der Waals surface area contributed by atoms with E-state index in [9.17, 15) is 4.79 Å². The van der Waals surface area contributed by atoms with Crippen LogP contribution in [0.1, 0.15) is 19.5 Å². The molecule has 134 valence electrons. The summed E-state index contributed by atoms with van der Waals surface area (Å²) in [6.45, 7) is 6.11. The maximum Gasteiger partial charge on any atom is 0.237 e. The summed E-state index contributed by atoms with van der Waals surface area (Å²) in [6, 6.07) is 7.12. The second kappa shape index (κ2) is 7.67. The standard InChI is InChI=1S/C18H23N3O4/c1-3-23-15-6-4-13(5-7-15)18-20-14(11-25-18)10-21-8-9-24-12(2)16(21)17(19)22/h4-7,11-12,16H,3,8-10H2,1-2H3,(H2,19,22)/t12-,16+/m1/s1. The first-order chi connectivity index (χ1) is 12.1. The number of primary amides is 1. The van der Waals surface area contributed by atoms with Gasteiger partial charge in [0.2, 0.25) is 11.8 Å². The first-order valence-electron chi connectivity index (χ1n) is 8.41. The molecule has 2 aromatic rings. The van der Waals surface area contributed by atoms with E-state index in [0.29, 0.717) is 32.2 Å². The fraction of sp³-hybridized carbons (Fsp3) is 0.444. The number of benzene rings is 1. The van der Waals surface area contributed by atoms with E-state index in [4.69, 9.17) is 19.6 Å². The van der Waals surface area contributed by atoms with Crippen LogP contribution in [0.2, 0.25) is 0 Å². The number of hydrogen-bond donors (Lipinski definition) is 1. The van der Waals surface area contributed by atoms with Gasteiger partial charge in [0.25, 0.3) is 0 Å². The number of aromatic nitrogens is 1. The van der Waals surface area contributed by atoms with Gasteiger partial charge in [-0.25, -0.2) is 4.98 Å². The maximum absolute atomic E-state index is 11.7. The topological polar surface area (TPSA) is 90.8 Å². The lowest BCUT2D eigenvalue weighted by atomic mass is 10.1. The Morgan fingerprint density at radius 2 is 2.16 bits per heavy atom. The van der Waals surface area contributed by atoms with Crippen molar-refractivity contribution in [3.8, 4) is 17.2 Å². The van der Waals surface area contributed by atoms with Crippen molar-refractivity contribution in [2.45, 2.75) is 32.5 Å². The smallest absolute Gasteiger partial charge is 0.237 e. The van der Waals surface area contributed by atoms with Crippen LogP contribution in [-0.4, -0.2) is 47.7 Å². The number of carbonyl (C=O) groups excluding carboxylic acids is 1. The number of carbonyl (C=O) groups is 1. The maximum atomic E-state index is 11.7. The molecule has 1 aliphatic heterocycles. The lowest BCUT2D eigenvalue weighted by molar-refractivity contribution is -0.136. The number of nitrogens with zero attached hydrogens (tertiary/aromatic N) is 2. The van der Waals surface area contributed by atoms with Crippen molar-refractivity contribution in [1.29, 1.82) is 0 Å². The molecule has 0 radical (unpaired) electrons. The zero-order valence-electron chi connectivity index (χ0n) is 14.5. The molecule has 25 heavy (non-hydrogen) atoms. The number of nitrogens with two attached hydrogens (primary N) is 1. The van der Waals surface area contributed by atoms with Gasteiger partial charge in [-0.2, -0.15) is 0 Å². The Hall–Kier alpha value is -2.38. The molecule has 1 aromatic carbocycles. The number of hydrogen-bond acceptors (Lipinski definition) is 6. The highest BCUT2D eigenvalue weighted by molar-refractivity contribution is 5.80. The van der Waals surface area contributed by atoms with E-state index >= 15 is 0 Å². The number of amides is 1. The van der Waals surface area contributed by atoms with E-state index in [0.717, 1.165) is 17.0 Å². The van der Waals surface area contributed by atoms with E-state index in [-0.39, 0.29) is 12.0 Å². The predicted molar refractivity (Wildman–Crippen MR) is 91.9 cm³/mol. The second-order valence-electron chi connectivity index (χ2n) is 5.99. The third-order valence-electron chi connectivity index (χ3n) is 4.22. The van der Waals surface area contributed by atoms with Gasteiger partial charge in [-0.15, -0.1) is 0 Å². The van der Waals surface area contributed by atoms with Crippen molar-refractivity contribution < 1.29 is 18.7 Å². The molecular weight excluding hydrogens is 322 g/mol. The van der Waals surface area contributed by atoms with Gasteiger partial charge in [-0.05, 0) is 38.1 Å². The average Bonchev–Trinajstić information content (AvgIpc) is 3.04. The number of ether oxygens (including phenoxy) is 2. The molecule has 0 saturated carbocycles. The molecule has 7 heteroatoms. The quantitative estimate of drug-likeness (QED) is 0.859. The molecule has 1 saturated heterocycles. The van der Waals surface area contributed by atoms with Gasteiger partial charge in [0, 0.05) is 18.7 Å². The molecule has 7 nitrogen and oxygen atoms in total. The molecule has 1 amide bonds. The first kappa shape index (κ1) is 17.4. The first-order valence-corrected chi connectivity index (χ1v) is 8.41. The van der Waals surface area contributed by atoms with Gasteiger partial charge >= 0.3 is 0 Å². The Morgan fingerprint density at radius 3 is 2.84 bits per heavy atom. The lowest BCUT2D eigenvalue weighted by Crippen LogP contribution is -2.56. The Balaban J connectivity index is 1.71. The van der Waals surface area contributed by atoms with Gasteiger partial charge in [0.05, 0.1) is 25.0 Å². The van der Waals surface area contributed by atoms with Gasteiger partial charge < -0.3 is 19.6 Å². The summed E-state index contributed by atoms with van der Waals surface area (Å²) in [5, 5.41) is 0. The Kier molecular flexibility index (Phi) is 5.35. The number of morpholine rings is 1. The Morgan fingerprint density at radius 1 is 1.40 bits per heavy atom. The highest BCUT2D eigenvalue weighted by Gasteiger charge is 2.34. The summed E-state index contributed by atoms with van der Waals surface area (Å²) in [5.41, 5.74) is 7.15. The van der Waals surface area contributed by atoms with Gasteiger partial charge in [-0.3, -0.25) is 9.69 Å². The van der Waals surface area contributed by atoms with Crippen LogP contribution in [0.3, 0.4) is 0 Å². The molecule has 1 aromatic heterocycles. The molecular formula is C18H23N3O4. The summed E-state index contributed by atoms with van der Waals surface area (Å²) in [6.07, 6.45) is 1.38. The normalized spacial score (nSPS) is 21.2. The fourth-order valence-electron chi connectivity index (χ4n) is 3.05. The van der Waals surface area contributed by atoms with Crippen LogP contribution in [0.15, 0.2) is 34.9 Å². The molecule has 2 atom stereocenters. The highest BCUT2D eigenvalue weighted by Crippen LogP contribution is 2.23. The van der Waals surface area contributed by atoms with E-state index in [1.807, 2.05) is 43.0 Å². The van der Waals surface area contributed by atoms with Crippen molar-refractivity contribution in [3.63, 3.8) is 0 Å². The van der Waals surface area contributed by atoms with Crippen LogP contribution in [-0.2, 0) is 16.1 Å². The van der Waals surface area contributed by atoms with Gasteiger partial charge in [0.15, 0.2) is 0 Å². The number of oxazole rings is 1. The van der Waals surface area contributed by atoms with Crippen LogP contribution in [0.25, 0.3) is 11.5 Å². The van der Waals surface area contributed by atoms with Crippen molar-refractivity contribution in [2.24, 2.45) is 5.73 Å². The third-order valence-corrected chi connectivity index (χ3v) is 4.22. The minimum Gasteiger partial charge on any atom is -0.494 e. The molecule has 3 rings (SSSR count). The molecule has 1 aliphatic rings. The van der Waals surface area contributed by atoms with Crippen molar-refractivity contribution in [3.05, 3.63) is 36.2 Å². The van der Waals surface area contributed by atoms with E-state index in [2.05, 4.69) is 4.98 Å². The number of rotatable bonds is 6. The van der Waals surface area contributed by atoms with Crippen LogP contribution in [0, 0.1) is 0 Å². The van der Waals surface area contributed by atoms with Gasteiger partial charge in [0.1, 0.15) is 18.1 Å². The summed E-state index contributed by atoms with van der Waals surface area (Å²) in [5.74, 6) is 0.960. The summed E-state index contributed by atoms with van der Waals surface area (Å²) < 4.78 is 16.5. The lowest BCUT2D eigenvalue weighted by Gasteiger charge is -2.37. The van der Waals surface area contributed by atoms with Crippen molar-refractivity contribution in [2.75, 3.05) is 19.8 Å².